The highest BCUT2D eigenvalue weighted by Gasteiger charge is 2.33. The van der Waals surface area contributed by atoms with E-state index >= 15 is 0 Å². The van der Waals surface area contributed by atoms with E-state index < -0.39 is 11.3 Å². The van der Waals surface area contributed by atoms with Gasteiger partial charge in [-0.25, -0.2) is 14.1 Å². The van der Waals surface area contributed by atoms with Gasteiger partial charge in [0.1, 0.15) is 17.0 Å². The smallest absolute Gasteiger partial charge is 0.223 e. The SMILES string of the molecule is Cc1nc([C@](C)(O)c2ccc3c(C(C)(C)F)nn(-c4ccnc(N)n4)c3c2)no1. The van der Waals surface area contributed by atoms with E-state index in [0.29, 0.717) is 28.2 Å². The maximum atomic E-state index is 14.8. The molecule has 3 aromatic heterocycles. The molecule has 1 atom stereocenters. The third-order valence-corrected chi connectivity index (χ3v) is 4.65. The van der Waals surface area contributed by atoms with Crippen molar-refractivity contribution in [3.63, 3.8) is 0 Å². The molecule has 1 aromatic carbocycles. The summed E-state index contributed by atoms with van der Waals surface area (Å²) < 4.78 is 21.3. The Morgan fingerprint density at radius 1 is 1.17 bits per heavy atom. The Labute approximate surface area is 165 Å². The van der Waals surface area contributed by atoms with Gasteiger partial charge in [0.2, 0.25) is 17.7 Å². The van der Waals surface area contributed by atoms with Crippen LogP contribution in [0.2, 0.25) is 0 Å². The molecule has 3 N–H and O–H groups in total. The minimum atomic E-state index is -1.70. The van der Waals surface area contributed by atoms with E-state index in [4.69, 9.17) is 10.3 Å². The summed E-state index contributed by atoms with van der Waals surface area (Å²) in [4.78, 5) is 12.2. The van der Waals surface area contributed by atoms with Crippen LogP contribution in [0.3, 0.4) is 0 Å². The topological polar surface area (TPSA) is 129 Å². The molecule has 0 aliphatic heterocycles. The lowest BCUT2D eigenvalue weighted by atomic mass is 9.93. The Morgan fingerprint density at radius 2 is 1.93 bits per heavy atom. The number of nitrogen functional groups attached to an aromatic ring is 1. The summed E-state index contributed by atoms with van der Waals surface area (Å²) in [5.41, 5.74) is 3.75. The zero-order valence-corrected chi connectivity index (χ0v) is 16.4. The van der Waals surface area contributed by atoms with Crippen LogP contribution in [0.4, 0.5) is 10.3 Å². The number of nitrogens with two attached hydrogens (primary N) is 1. The first-order valence-electron chi connectivity index (χ1n) is 8.92. The van der Waals surface area contributed by atoms with Crippen LogP contribution < -0.4 is 5.73 Å². The van der Waals surface area contributed by atoms with E-state index in [2.05, 4.69) is 25.2 Å². The summed E-state index contributed by atoms with van der Waals surface area (Å²) in [7, 11) is 0. The zero-order valence-electron chi connectivity index (χ0n) is 16.4. The van der Waals surface area contributed by atoms with Crippen molar-refractivity contribution in [1.29, 1.82) is 0 Å². The van der Waals surface area contributed by atoms with Crippen molar-refractivity contribution in [3.05, 3.63) is 53.4 Å². The van der Waals surface area contributed by atoms with Gasteiger partial charge in [-0.3, -0.25) is 0 Å². The monoisotopic (exact) mass is 397 g/mol. The van der Waals surface area contributed by atoms with Gasteiger partial charge in [0.05, 0.1) is 5.52 Å². The second-order valence-corrected chi connectivity index (χ2v) is 7.45. The fraction of sp³-hybridized carbons (Fsp3) is 0.316. The van der Waals surface area contributed by atoms with Crippen LogP contribution >= 0.6 is 0 Å². The maximum Gasteiger partial charge on any atom is 0.223 e. The summed E-state index contributed by atoms with van der Waals surface area (Å²) in [5, 5.41) is 19.9. The summed E-state index contributed by atoms with van der Waals surface area (Å²) in [6, 6.07) is 6.70. The van der Waals surface area contributed by atoms with Gasteiger partial charge in [-0.05, 0) is 32.4 Å². The highest BCUT2D eigenvalue weighted by atomic mass is 19.1. The molecule has 0 saturated carbocycles. The van der Waals surface area contributed by atoms with Gasteiger partial charge in [-0.2, -0.15) is 15.1 Å². The third-order valence-electron chi connectivity index (χ3n) is 4.65. The highest BCUT2D eigenvalue weighted by molar-refractivity contribution is 5.85. The van der Waals surface area contributed by atoms with Crippen LogP contribution in [0.1, 0.15) is 43.7 Å². The lowest BCUT2D eigenvalue weighted by Crippen LogP contribution is -2.24. The zero-order chi connectivity index (χ0) is 21.0. The van der Waals surface area contributed by atoms with Gasteiger partial charge in [0.15, 0.2) is 5.82 Å². The summed E-state index contributed by atoms with van der Waals surface area (Å²) in [5.74, 6) is 0.907. The number of benzene rings is 1. The van der Waals surface area contributed by atoms with Crippen molar-refractivity contribution in [3.8, 4) is 5.82 Å². The van der Waals surface area contributed by atoms with E-state index in [1.54, 1.807) is 38.1 Å². The van der Waals surface area contributed by atoms with Gasteiger partial charge < -0.3 is 15.4 Å². The normalized spacial score (nSPS) is 14.3. The van der Waals surface area contributed by atoms with Crippen LogP contribution in [-0.4, -0.2) is 35.0 Å². The van der Waals surface area contributed by atoms with Gasteiger partial charge in [-0.15, -0.1) is 0 Å². The van der Waals surface area contributed by atoms with Crippen LogP contribution in [0.5, 0.6) is 0 Å². The van der Waals surface area contributed by atoms with Crippen LogP contribution in [0.25, 0.3) is 16.7 Å². The Balaban J connectivity index is 1.97. The molecule has 0 unspecified atom stereocenters. The number of hydrogen-bond donors (Lipinski definition) is 2. The van der Waals surface area contributed by atoms with Gasteiger partial charge in [-0.1, -0.05) is 17.3 Å². The number of rotatable bonds is 4. The molecule has 9 nitrogen and oxygen atoms in total. The summed E-state index contributed by atoms with van der Waals surface area (Å²) in [6.07, 6.45) is 1.49. The van der Waals surface area contributed by atoms with Gasteiger partial charge >= 0.3 is 0 Å². The minimum Gasteiger partial charge on any atom is -0.377 e. The second kappa shape index (κ2) is 6.31. The number of fused-ring (bicyclic) bond motifs is 1. The fourth-order valence-corrected chi connectivity index (χ4v) is 3.14. The number of nitrogens with zero attached hydrogens (tertiary/aromatic N) is 6. The molecule has 4 aromatic rings. The predicted molar refractivity (Wildman–Crippen MR) is 103 cm³/mol. The Morgan fingerprint density at radius 3 is 2.55 bits per heavy atom. The lowest BCUT2D eigenvalue weighted by molar-refractivity contribution is 0.0893. The molecule has 0 aliphatic rings. The highest BCUT2D eigenvalue weighted by Crippen LogP contribution is 2.35. The molecule has 10 heteroatoms. The van der Waals surface area contributed by atoms with Crippen molar-refractivity contribution in [2.75, 3.05) is 5.73 Å². The predicted octanol–water partition coefficient (Wildman–Crippen LogP) is 2.55. The largest absolute Gasteiger partial charge is 0.377 e. The molecule has 0 radical (unpaired) electrons. The first kappa shape index (κ1) is 18.9. The van der Waals surface area contributed by atoms with Crippen molar-refractivity contribution < 1.29 is 14.0 Å². The quantitative estimate of drug-likeness (QED) is 0.537. The van der Waals surface area contributed by atoms with E-state index in [1.807, 2.05) is 0 Å². The van der Waals surface area contributed by atoms with E-state index in [-0.39, 0.29) is 17.5 Å². The van der Waals surface area contributed by atoms with Gasteiger partial charge in [0.25, 0.3) is 0 Å². The Hall–Kier alpha value is -3.40. The molecule has 3 heterocycles. The molecule has 0 bridgehead atoms. The fourth-order valence-electron chi connectivity index (χ4n) is 3.14. The first-order valence-corrected chi connectivity index (χ1v) is 8.92. The number of hydrogen-bond acceptors (Lipinski definition) is 8. The summed E-state index contributed by atoms with van der Waals surface area (Å²) in [6.45, 7) is 6.06. The average molecular weight is 397 g/mol. The van der Waals surface area contributed by atoms with Crippen LogP contribution in [-0.2, 0) is 11.3 Å². The Kier molecular flexibility index (Phi) is 4.12. The van der Waals surface area contributed by atoms with Crippen molar-refractivity contribution in [2.24, 2.45) is 0 Å². The van der Waals surface area contributed by atoms with Crippen molar-refractivity contribution in [2.45, 2.75) is 39.0 Å². The standard InChI is InChI=1S/C19H20FN7O2/c1-10-23-16(26-29-10)19(4,28)11-5-6-12-13(9-11)27(25-15(12)18(2,3)20)14-7-8-22-17(21)24-14/h5-9,28H,1-4H3,(H2,21,22,24)/t19-/m1/s1. The van der Waals surface area contributed by atoms with Crippen LogP contribution in [0.15, 0.2) is 35.0 Å². The molecular weight excluding hydrogens is 377 g/mol. The number of halogens is 1. The molecule has 0 spiro atoms. The molecule has 0 fully saturated rings. The van der Waals surface area contributed by atoms with E-state index in [9.17, 15) is 9.50 Å². The van der Waals surface area contributed by atoms with Crippen molar-refractivity contribution in [1.82, 2.24) is 29.9 Å². The molecule has 0 amide bonds. The molecule has 150 valence electrons. The van der Waals surface area contributed by atoms with Crippen LogP contribution in [0, 0.1) is 6.92 Å². The van der Waals surface area contributed by atoms with Gasteiger partial charge in [0, 0.05) is 24.6 Å². The van der Waals surface area contributed by atoms with E-state index in [0.717, 1.165) is 0 Å². The molecule has 0 aliphatic carbocycles. The number of aliphatic hydroxyl groups is 1. The molecular formula is C19H20FN7O2. The number of alkyl halides is 1. The Bertz CT molecular complexity index is 1210. The molecule has 29 heavy (non-hydrogen) atoms. The van der Waals surface area contributed by atoms with Crippen molar-refractivity contribution >= 4 is 16.9 Å². The minimum absolute atomic E-state index is 0.0673. The first-order chi connectivity index (χ1) is 13.6. The molecule has 4 rings (SSSR count). The summed E-state index contributed by atoms with van der Waals surface area (Å²) >= 11 is 0. The maximum absolute atomic E-state index is 14.8. The number of aryl methyl sites for hydroxylation is 1. The van der Waals surface area contributed by atoms with E-state index in [1.165, 1.54) is 24.7 Å². The average Bonchev–Trinajstić information content (AvgIpc) is 3.25. The molecule has 0 saturated heterocycles. The lowest BCUT2D eigenvalue weighted by Gasteiger charge is -2.20. The number of aromatic nitrogens is 6. The number of anilines is 1. The second-order valence-electron chi connectivity index (χ2n) is 7.45. The third kappa shape index (κ3) is 3.21.